The highest BCUT2D eigenvalue weighted by Gasteiger charge is 2.36. The highest BCUT2D eigenvalue weighted by atomic mass is 28.4. The van der Waals surface area contributed by atoms with E-state index in [1.807, 2.05) is 33.9 Å². The molecule has 0 fully saturated rings. The topological polar surface area (TPSA) is 44.8 Å². The van der Waals surface area contributed by atoms with Crippen LogP contribution in [0.25, 0.3) is 0 Å². The third kappa shape index (κ3) is 5.55. The van der Waals surface area contributed by atoms with Gasteiger partial charge in [0, 0.05) is 0 Å². The first kappa shape index (κ1) is 13.3. The molecule has 1 aromatic carbocycles. The minimum absolute atomic E-state index is 0.158. The van der Waals surface area contributed by atoms with Crippen molar-refractivity contribution in [1.82, 2.24) is 0 Å². The lowest BCUT2D eigenvalue weighted by Crippen LogP contribution is -2.41. The molecule has 1 aromatic rings. The third-order valence-corrected chi connectivity index (χ3v) is 8.06. The van der Waals surface area contributed by atoms with Gasteiger partial charge in [-0.3, -0.25) is 0 Å². The SMILES string of the molecule is [2H]C([2H])(OCc1ccc(C(=O)OC)cc1)C([2H])([2H])O[Si](C)(C)C(C)(C)C. The van der Waals surface area contributed by atoms with Crippen LogP contribution < -0.4 is 0 Å². The van der Waals surface area contributed by atoms with Crippen molar-refractivity contribution in [2.75, 3.05) is 20.2 Å². The average Bonchev–Trinajstić information content (AvgIpc) is 2.50. The number of rotatable bonds is 7. The molecule has 4 nitrogen and oxygen atoms in total. The molecule has 124 valence electrons. The summed E-state index contributed by atoms with van der Waals surface area (Å²) in [5.74, 6) is -0.466. The lowest BCUT2D eigenvalue weighted by molar-refractivity contribution is 0.0600. The first-order valence-corrected chi connectivity index (χ1v) is 10.1. The van der Waals surface area contributed by atoms with Gasteiger partial charge in [0.1, 0.15) is 0 Å². The maximum absolute atomic E-state index is 11.4. The molecule has 0 atom stereocenters. The Labute approximate surface area is 140 Å². The summed E-state index contributed by atoms with van der Waals surface area (Å²) in [6.07, 6.45) is 0. The van der Waals surface area contributed by atoms with E-state index in [1.165, 1.54) is 7.11 Å². The lowest BCUT2D eigenvalue weighted by atomic mass is 10.1. The van der Waals surface area contributed by atoms with Gasteiger partial charge in [-0.25, -0.2) is 4.79 Å². The Morgan fingerprint density at radius 1 is 1.18 bits per heavy atom. The molecule has 0 N–H and O–H groups in total. The molecule has 0 aliphatic rings. The molecule has 0 aromatic heterocycles. The summed E-state index contributed by atoms with van der Waals surface area (Å²) < 4.78 is 47.6. The predicted octanol–water partition coefficient (Wildman–Crippen LogP) is 4.01. The molecule has 0 amide bonds. The lowest BCUT2D eigenvalue weighted by Gasteiger charge is -2.36. The number of carbonyl (C=O) groups excluding carboxylic acids is 1. The Morgan fingerprint density at radius 2 is 1.77 bits per heavy atom. The fourth-order valence-electron chi connectivity index (χ4n) is 1.31. The number of methoxy groups -OCH3 is 1. The van der Waals surface area contributed by atoms with Crippen LogP contribution in [-0.4, -0.2) is 34.5 Å². The van der Waals surface area contributed by atoms with Crippen molar-refractivity contribution in [2.45, 2.75) is 45.5 Å². The van der Waals surface area contributed by atoms with Crippen molar-refractivity contribution in [1.29, 1.82) is 0 Å². The van der Waals surface area contributed by atoms with Crippen molar-refractivity contribution in [3.05, 3.63) is 35.4 Å². The molecule has 0 unspecified atom stereocenters. The minimum atomic E-state index is -2.64. The second-order valence-corrected chi connectivity index (χ2v) is 11.3. The Bertz CT molecular complexity index is 625. The van der Waals surface area contributed by atoms with Gasteiger partial charge in [-0.15, -0.1) is 0 Å². The number of carbonyl (C=O) groups is 1. The summed E-state index contributed by atoms with van der Waals surface area (Å²) in [6, 6.07) is 6.29. The van der Waals surface area contributed by atoms with E-state index in [-0.39, 0.29) is 11.6 Å². The van der Waals surface area contributed by atoms with E-state index < -0.39 is 27.4 Å². The summed E-state index contributed by atoms with van der Waals surface area (Å²) >= 11 is 0. The van der Waals surface area contributed by atoms with Crippen LogP contribution in [0.2, 0.25) is 18.1 Å². The van der Waals surface area contributed by atoms with Gasteiger partial charge < -0.3 is 13.9 Å². The molecule has 0 radical (unpaired) electrons. The highest BCUT2D eigenvalue weighted by Crippen LogP contribution is 2.36. The van der Waals surface area contributed by atoms with Crippen LogP contribution in [0.1, 0.15) is 42.2 Å². The summed E-state index contributed by atoms with van der Waals surface area (Å²) in [4.78, 5) is 11.4. The molecule has 1 rings (SSSR count). The van der Waals surface area contributed by atoms with Crippen LogP contribution in [0.4, 0.5) is 0 Å². The largest absolute Gasteiger partial charge is 0.465 e. The molecule has 0 aliphatic carbocycles. The second-order valence-electron chi connectivity index (χ2n) is 6.54. The van der Waals surface area contributed by atoms with Gasteiger partial charge in [0.2, 0.25) is 0 Å². The molecule has 0 spiro atoms. The van der Waals surface area contributed by atoms with Crippen molar-refractivity contribution in [3.63, 3.8) is 0 Å². The van der Waals surface area contributed by atoms with E-state index in [1.54, 1.807) is 24.3 Å². The molecule has 0 heterocycles. The zero-order valence-corrected chi connectivity index (χ0v) is 15.1. The van der Waals surface area contributed by atoms with Gasteiger partial charge in [-0.1, -0.05) is 32.9 Å². The first-order chi connectivity index (χ1) is 11.6. The number of hydrogen-bond donors (Lipinski definition) is 0. The van der Waals surface area contributed by atoms with Crippen molar-refractivity contribution < 1.29 is 24.2 Å². The third-order valence-electron chi connectivity index (χ3n) is 3.84. The average molecular weight is 329 g/mol. The quantitative estimate of drug-likeness (QED) is 0.560. The normalized spacial score (nSPS) is 16.3. The minimum Gasteiger partial charge on any atom is -0.465 e. The van der Waals surface area contributed by atoms with E-state index in [9.17, 15) is 4.79 Å². The van der Waals surface area contributed by atoms with Crippen LogP contribution in [-0.2, 0) is 20.5 Å². The summed E-state index contributed by atoms with van der Waals surface area (Å²) in [5.41, 5.74) is 0.973. The van der Waals surface area contributed by atoms with E-state index in [0.29, 0.717) is 11.1 Å². The maximum Gasteiger partial charge on any atom is 0.337 e. The van der Waals surface area contributed by atoms with Crippen LogP contribution >= 0.6 is 0 Å². The van der Waals surface area contributed by atoms with Gasteiger partial charge in [0.15, 0.2) is 8.32 Å². The van der Waals surface area contributed by atoms with Crippen molar-refractivity contribution in [3.8, 4) is 0 Å². The number of ether oxygens (including phenoxy) is 2. The maximum atomic E-state index is 11.4. The fourth-order valence-corrected chi connectivity index (χ4v) is 1.91. The predicted molar refractivity (Wildman–Crippen MR) is 90.6 cm³/mol. The van der Waals surface area contributed by atoms with E-state index >= 15 is 0 Å². The molecule has 0 saturated heterocycles. The Morgan fingerprint density at radius 3 is 2.27 bits per heavy atom. The van der Waals surface area contributed by atoms with Crippen LogP contribution in [0.3, 0.4) is 0 Å². The Hall–Kier alpha value is -1.17. The van der Waals surface area contributed by atoms with E-state index in [4.69, 9.17) is 14.6 Å². The highest BCUT2D eigenvalue weighted by molar-refractivity contribution is 6.74. The van der Waals surface area contributed by atoms with Crippen molar-refractivity contribution >= 4 is 14.3 Å². The first-order valence-electron chi connectivity index (χ1n) is 9.14. The monoisotopic (exact) mass is 328 g/mol. The van der Waals surface area contributed by atoms with Gasteiger partial charge in [-0.05, 0) is 35.8 Å². The van der Waals surface area contributed by atoms with Crippen LogP contribution in [0, 0.1) is 0 Å². The molecule has 0 aliphatic heterocycles. The molecule has 22 heavy (non-hydrogen) atoms. The number of esters is 1. The molecular formula is C17H28O4Si. The number of benzene rings is 1. The summed E-state index contributed by atoms with van der Waals surface area (Å²) in [6.45, 7) is 4.18. The molecular weight excluding hydrogens is 296 g/mol. The standard InChI is InChI=1S/C17H28O4Si/c1-17(2,3)22(5,6)21-12-11-20-13-14-7-9-15(10-8-14)16(18)19-4/h7-10H,11-13H2,1-6H3/i11D2,12D2. The van der Waals surface area contributed by atoms with Crippen LogP contribution in [0.15, 0.2) is 24.3 Å². The van der Waals surface area contributed by atoms with E-state index in [0.717, 1.165) is 0 Å². The zero-order valence-electron chi connectivity index (χ0n) is 18.1. The van der Waals surface area contributed by atoms with Crippen LogP contribution in [0.5, 0.6) is 0 Å². The summed E-state index contributed by atoms with van der Waals surface area (Å²) in [7, 11) is -1.24. The van der Waals surface area contributed by atoms with Gasteiger partial charge in [-0.2, -0.15) is 0 Å². The van der Waals surface area contributed by atoms with Gasteiger partial charge >= 0.3 is 5.97 Å². The summed E-state index contributed by atoms with van der Waals surface area (Å²) in [5, 5.41) is -0.264. The zero-order chi connectivity index (χ0) is 20.4. The molecule has 0 saturated carbocycles. The Kier molecular flexibility index (Phi) is 4.77. The Balaban J connectivity index is 2.82. The molecule has 5 heteroatoms. The van der Waals surface area contributed by atoms with E-state index in [2.05, 4.69) is 4.74 Å². The number of hydrogen-bond acceptors (Lipinski definition) is 4. The smallest absolute Gasteiger partial charge is 0.337 e. The van der Waals surface area contributed by atoms with Gasteiger partial charge in [0.25, 0.3) is 0 Å². The second kappa shape index (κ2) is 7.90. The molecule has 0 bridgehead atoms. The van der Waals surface area contributed by atoms with Crippen molar-refractivity contribution in [2.24, 2.45) is 0 Å². The van der Waals surface area contributed by atoms with Gasteiger partial charge in [0.05, 0.1) is 37.9 Å². The fraction of sp³-hybridized carbons (Fsp3) is 0.588.